The van der Waals surface area contributed by atoms with E-state index in [0.717, 1.165) is 70.4 Å². The Morgan fingerprint density at radius 2 is 2.04 bits per heavy atom. The van der Waals surface area contributed by atoms with Crippen molar-refractivity contribution in [2.24, 2.45) is 10.8 Å². The molecule has 3 saturated heterocycles. The first-order chi connectivity index (χ1) is 13.5. The van der Waals surface area contributed by atoms with Crippen LogP contribution in [-0.4, -0.2) is 59.3 Å². The molecule has 28 heavy (non-hydrogen) atoms. The van der Waals surface area contributed by atoms with Gasteiger partial charge in [0.2, 0.25) is 11.8 Å². The average Bonchev–Trinajstić information content (AvgIpc) is 2.72. The first kappa shape index (κ1) is 19.4. The Kier molecular flexibility index (Phi) is 5.41. The fourth-order valence-electron chi connectivity index (χ4n) is 5.25. The van der Waals surface area contributed by atoms with Gasteiger partial charge in [0, 0.05) is 55.8 Å². The zero-order chi connectivity index (χ0) is 19.6. The molecule has 1 spiro atoms. The normalized spacial score (nSPS) is 27.8. The molecule has 3 aliphatic rings. The van der Waals surface area contributed by atoms with Crippen LogP contribution in [0.3, 0.4) is 0 Å². The molecule has 3 aliphatic heterocycles. The summed E-state index contributed by atoms with van der Waals surface area (Å²) < 4.78 is 0. The van der Waals surface area contributed by atoms with Gasteiger partial charge in [-0.05, 0) is 56.8 Å². The van der Waals surface area contributed by atoms with Gasteiger partial charge in [0.15, 0.2) is 0 Å². The number of carbonyl (C=O) groups is 2. The van der Waals surface area contributed by atoms with Gasteiger partial charge in [-0.1, -0.05) is 13.0 Å². The number of amides is 2. The van der Waals surface area contributed by atoms with Crippen molar-refractivity contribution < 1.29 is 9.59 Å². The molecular formula is C22H32N4O2. The van der Waals surface area contributed by atoms with E-state index < -0.39 is 0 Å². The SMILES string of the molecule is CC1(C(=O)N2CCC[C@@]3(CCC(=O)N(Cc4cccnc4)C3)C2)CCNCC1. The smallest absolute Gasteiger partial charge is 0.228 e. The van der Waals surface area contributed by atoms with Crippen LogP contribution in [0.5, 0.6) is 0 Å². The summed E-state index contributed by atoms with van der Waals surface area (Å²) in [4.78, 5) is 34.2. The minimum Gasteiger partial charge on any atom is -0.342 e. The quantitative estimate of drug-likeness (QED) is 0.868. The minimum absolute atomic E-state index is 0.0489. The molecule has 0 bridgehead atoms. The lowest BCUT2D eigenvalue weighted by Crippen LogP contribution is -2.57. The second-order valence-electron chi connectivity index (χ2n) is 9.25. The molecule has 4 rings (SSSR count). The molecule has 6 heteroatoms. The van der Waals surface area contributed by atoms with Gasteiger partial charge in [-0.15, -0.1) is 0 Å². The number of aromatic nitrogens is 1. The Balaban J connectivity index is 1.46. The highest BCUT2D eigenvalue weighted by atomic mass is 16.2. The molecule has 0 aliphatic carbocycles. The first-order valence-electron chi connectivity index (χ1n) is 10.7. The second-order valence-corrected chi connectivity index (χ2v) is 9.25. The van der Waals surface area contributed by atoms with E-state index >= 15 is 0 Å². The van der Waals surface area contributed by atoms with Gasteiger partial charge >= 0.3 is 0 Å². The monoisotopic (exact) mass is 384 g/mol. The highest BCUT2D eigenvalue weighted by Crippen LogP contribution is 2.41. The Morgan fingerprint density at radius 1 is 1.21 bits per heavy atom. The molecule has 6 nitrogen and oxygen atoms in total. The van der Waals surface area contributed by atoms with E-state index in [1.165, 1.54) is 0 Å². The van der Waals surface area contributed by atoms with Gasteiger partial charge < -0.3 is 15.1 Å². The van der Waals surface area contributed by atoms with Crippen molar-refractivity contribution in [3.8, 4) is 0 Å². The number of hydrogen-bond donors (Lipinski definition) is 1. The van der Waals surface area contributed by atoms with Gasteiger partial charge in [0.1, 0.15) is 0 Å². The van der Waals surface area contributed by atoms with Crippen LogP contribution in [0.2, 0.25) is 0 Å². The lowest BCUT2D eigenvalue weighted by Gasteiger charge is -2.50. The number of hydrogen-bond acceptors (Lipinski definition) is 4. The van der Waals surface area contributed by atoms with Crippen LogP contribution >= 0.6 is 0 Å². The molecule has 1 aromatic rings. The van der Waals surface area contributed by atoms with E-state index in [1.807, 2.05) is 23.2 Å². The van der Waals surface area contributed by atoms with E-state index in [0.29, 0.717) is 18.9 Å². The fraction of sp³-hybridized carbons (Fsp3) is 0.682. The van der Waals surface area contributed by atoms with Gasteiger partial charge in [0.05, 0.1) is 0 Å². The Bertz CT molecular complexity index is 717. The van der Waals surface area contributed by atoms with E-state index in [9.17, 15) is 9.59 Å². The van der Waals surface area contributed by atoms with Crippen molar-refractivity contribution in [2.75, 3.05) is 32.7 Å². The topological polar surface area (TPSA) is 65.5 Å². The molecule has 0 aromatic carbocycles. The molecule has 2 amide bonds. The molecule has 152 valence electrons. The molecule has 0 unspecified atom stereocenters. The van der Waals surface area contributed by atoms with E-state index in [1.54, 1.807) is 6.20 Å². The highest BCUT2D eigenvalue weighted by molar-refractivity contribution is 5.83. The van der Waals surface area contributed by atoms with Crippen LogP contribution in [0.4, 0.5) is 0 Å². The standard InChI is InChI=1S/C22H32N4O2/c1-21(8-11-23-12-9-21)20(28)25-13-3-6-22(16-25)7-5-19(27)26(17-22)15-18-4-2-10-24-14-18/h2,4,10,14,23H,3,5-9,11-13,15-17H2,1H3/t22-/m1/s1. The van der Waals surface area contributed by atoms with Crippen molar-refractivity contribution >= 4 is 11.8 Å². The predicted octanol–water partition coefficient (Wildman–Crippen LogP) is 2.20. The summed E-state index contributed by atoms with van der Waals surface area (Å²) in [6, 6.07) is 3.94. The number of rotatable bonds is 3. The molecule has 3 fully saturated rings. The summed E-state index contributed by atoms with van der Waals surface area (Å²) in [5, 5.41) is 3.37. The largest absolute Gasteiger partial charge is 0.342 e. The van der Waals surface area contributed by atoms with E-state index in [4.69, 9.17) is 0 Å². The molecule has 1 atom stereocenters. The third-order valence-corrected chi connectivity index (χ3v) is 7.02. The van der Waals surface area contributed by atoms with Crippen LogP contribution < -0.4 is 5.32 Å². The summed E-state index contributed by atoms with van der Waals surface area (Å²) in [5.74, 6) is 0.548. The van der Waals surface area contributed by atoms with Gasteiger partial charge in [-0.25, -0.2) is 0 Å². The number of likely N-dealkylation sites (tertiary alicyclic amines) is 2. The maximum Gasteiger partial charge on any atom is 0.228 e. The van der Waals surface area contributed by atoms with Crippen molar-refractivity contribution in [2.45, 2.75) is 52.0 Å². The zero-order valence-corrected chi connectivity index (χ0v) is 17.0. The lowest BCUT2D eigenvalue weighted by molar-refractivity contribution is -0.150. The molecule has 1 N–H and O–H groups in total. The minimum atomic E-state index is -0.232. The van der Waals surface area contributed by atoms with Crippen LogP contribution in [0, 0.1) is 10.8 Å². The predicted molar refractivity (Wildman–Crippen MR) is 107 cm³/mol. The third-order valence-electron chi connectivity index (χ3n) is 7.02. The second kappa shape index (κ2) is 7.82. The summed E-state index contributed by atoms with van der Waals surface area (Å²) in [6.07, 6.45) is 9.06. The van der Waals surface area contributed by atoms with Gasteiger partial charge in [-0.3, -0.25) is 14.6 Å². The van der Waals surface area contributed by atoms with Gasteiger partial charge in [0.25, 0.3) is 0 Å². The van der Waals surface area contributed by atoms with Crippen LogP contribution in [-0.2, 0) is 16.1 Å². The summed E-state index contributed by atoms with van der Waals surface area (Å²) in [7, 11) is 0. The van der Waals surface area contributed by atoms with Crippen LogP contribution in [0.25, 0.3) is 0 Å². The van der Waals surface area contributed by atoms with Crippen molar-refractivity contribution in [3.05, 3.63) is 30.1 Å². The summed E-state index contributed by atoms with van der Waals surface area (Å²) >= 11 is 0. The Labute approximate surface area is 167 Å². The van der Waals surface area contributed by atoms with Crippen molar-refractivity contribution in [1.29, 1.82) is 0 Å². The van der Waals surface area contributed by atoms with Gasteiger partial charge in [-0.2, -0.15) is 0 Å². The molecular weight excluding hydrogens is 352 g/mol. The Morgan fingerprint density at radius 3 is 2.79 bits per heavy atom. The van der Waals surface area contributed by atoms with Crippen molar-refractivity contribution in [1.82, 2.24) is 20.1 Å². The van der Waals surface area contributed by atoms with E-state index in [2.05, 4.69) is 22.1 Å². The molecule has 4 heterocycles. The first-order valence-corrected chi connectivity index (χ1v) is 10.7. The number of nitrogens with zero attached hydrogens (tertiary/aromatic N) is 3. The zero-order valence-electron chi connectivity index (χ0n) is 17.0. The average molecular weight is 385 g/mol. The maximum absolute atomic E-state index is 13.3. The fourth-order valence-corrected chi connectivity index (χ4v) is 5.25. The molecule has 0 saturated carbocycles. The van der Waals surface area contributed by atoms with Crippen LogP contribution in [0.15, 0.2) is 24.5 Å². The molecule has 0 radical (unpaired) electrons. The van der Waals surface area contributed by atoms with E-state index in [-0.39, 0.29) is 16.7 Å². The number of piperidine rings is 3. The number of carbonyl (C=O) groups excluding carboxylic acids is 2. The highest BCUT2D eigenvalue weighted by Gasteiger charge is 2.45. The summed E-state index contributed by atoms with van der Waals surface area (Å²) in [6.45, 7) is 7.01. The third kappa shape index (κ3) is 3.93. The Hall–Kier alpha value is -1.95. The summed E-state index contributed by atoms with van der Waals surface area (Å²) in [5.41, 5.74) is 0.885. The number of nitrogens with one attached hydrogen (secondary N) is 1. The van der Waals surface area contributed by atoms with Crippen LogP contribution in [0.1, 0.15) is 51.0 Å². The maximum atomic E-state index is 13.3. The molecule has 1 aromatic heterocycles. The lowest BCUT2D eigenvalue weighted by atomic mass is 9.72. The number of pyridine rings is 1. The van der Waals surface area contributed by atoms with Crippen molar-refractivity contribution in [3.63, 3.8) is 0 Å².